The van der Waals surface area contributed by atoms with Crippen LogP contribution in [-0.2, 0) is 0 Å². The van der Waals surface area contributed by atoms with Crippen LogP contribution in [0.5, 0.6) is 5.75 Å². The van der Waals surface area contributed by atoms with Crippen molar-refractivity contribution in [1.82, 2.24) is 5.16 Å². The average molecular weight is 284 g/mol. The van der Waals surface area contributed by atoms with Gasteiger partial charge in [0.2, 0.25) is 5.88 Å². The normalized spacial score (nSPS) is 10.8. The fraction of sp³-hybridized carbons (Fsp3) is 0.188. The second kappa shape index (κ2) is 5.36. The molecule has 5 nitrogen and oxygen atoms in total. The van der Waals surface area contributed by atoms with Crippen molar-refractivity contribution in [2.45, 2.75) is 13.8 Å². The lowest BCUT2D eigenvalue weighted by atomic mass is 10.0. The van der Waals surface area contributed by atoms with Gasteiger partial charge in [-0.15, -0.1) is 0 Å². The van der Waals surface area contributed by atoms with Gasteiger partial charge in [-0.05, 0) is 43.2 Å². The lowest BCUT2D eigenvalue weighted by Crippen LogP contribution is -1.92. The molecule has 0 fully saturated rings. The molecule has 2 aromatic heterocycles. The summed E-state index contributed by atoms with van der Waals surface area (Å²) in [6.45, 7) is 4.53. The standard InChI is InChI=1S/C16H16N2O3/c1-3-19-12-6-4-11(5-7-12)13-14(18-21-16(13)17)15-10(2)8-9-20-15/h4-9H,3,17H2,1-2H3. The summed E-state index contributed by atoms with van der Waals surface area (Å²) in [6, 6.07) is 9.52. The van der Waals surface area contributed by atoms with Crippen molar-refractivity contribution in [3.8, 4) is 28.3 Å². The third-order valence-electron chi connectivity index (χ3n) is 3.25. The van der Waals surface area contributed by atoms with E-state index < -0.39 is 0 Å². The monoisotopic (exact) mass is 284 g/mol. The second-order valence-corrected chi connectivity index (χ2v) is 4.66. The Morgan fingerprint density at radius 3 is 2.57 bits per heavy atom. The third-order valence-corrected chi connectivity index (χ3v) is 3.25. The first kappa shape index (κ1) is 13.3. The Kier molecular flexibility index (Phi) is 3.39. The SMILES string of the molecule is CCOc1ccc(-c2c(-c3occc3C)noc2N)cc1. The summed E-state index contributed by atoms with van der Waals surface area (Å²) in [5, 5.41) is 4.03. The van der Waals surface area contributed by atoms with E-state index in [4.69, 9.17) is 19.4 Å². The number of ether oxygens (including phenoxy) is 1. The molecule has 2 N–H and O–H groups in total. The van der Waals surface area contributed by atoms with Crippen LogP contribution in [0.2, 0.25) is 0 Å². The molecule has 21 heavy (non-hydrogen) atoms. The molecule has 2 heterocycles. The molecule has 3 rings (SSSR count). The molecule has 0 atom stereocenters. The number of rotatable bonds is 4. The maximum atomic E-state index is 5.92. The lowest BCUT2D eigenvalue weighted by molar-refractivity contribution is 0.340. The molecule has 0 saturated carbocycles. The molecule has 0 aliphatic carbocycles. The van der Waals surface area contributed by atoms with Gasteiger partial charge in [0.25, 0.3) is 0 Å². The number of anilines is 1. The summed E-state index contributed by atoms with van der Waals surface area (Å²) in [7, 11) is 0. The van der Waals surface area contributed by atoms with Crippen LogP contribution in [0.25, 0.3) is 22.6 Å². The van der Waals surface area contributed by atoms with Crippen molar-refractivity contribution < 1.29 is 13.7 Å². The molecular weight excluding hydrogens is 268 g/mol. The van der Waals surface area contributed by atoms with Crippen molar-refractivity contribution >= 4 is 5.88 Å². The first-order chi connectivity index (χ1) is 10.2. The summed E-state index contributed by atoms with van der Waals surface area (Å²) in [4.78, 5) is 0. The molecule has 3 aromatic rings. The maximum Gasteiger partial charge on any atom is 0.230 e. The molecule has 0 radical (unpaired) electrons. The lowest BCUT2D eigenvalue weighted by Gasteiger charge is -2.05. The summed E-state index contributed by atoms with van der Waals surface area (Å²) >= 11 is 0. The van der Waals surface area contributed by atoms with Gasteiger partial charge < -0.3 is 19.4 Å². The highest BCUT2D eigenvalue weighted by Gasteiger charge is 2.21. The van der Waals surface area contributed by atoms with E-state index in [0.29, 0.717) is 18.1 Å². The van der Waals surface area contributed by atoms with Crippen LogP contribution in [0.3, 0.4) is 0 Å². The van der Waals surface area contributed by atoms with E-state index in [-0.39, 0.29) is 5.88 Å². The van der Waals surface area contributed by atoms with Gasteiger partial charge in [0, 0.05) is 0 Å². The number of aryl methyl sites for hydroxylation is 1. The third kappa shape index (κ3) is 2.38. The van der Waals surface area contributed by atoms with E-state index >= 15 is 0 Å². The largest absolute Gasteiger partial charge is 0.494 e. The molecule has 0 aliphatic heterocycles. The Hall–Kier alpha value is -2.69. The summed E-state index contributed by atoms with van der Waals surface area (Å²) in [5.41, 5.74) is 9.15. The quantitative estimate of drug-likeness (QED) is 0.786. The molecule has 0 bridgehead atoms. The van der Waals surface area contributed by atoms with Crippen molar-refractivity contribution in [3.63, 3.8) is 0 Å². The summed E-state index contributed by atoms with van der Waals surface area (Å²) in [5.74, 6) is 1.75. The average Bonchev–Trinajstić information content (AvgIpc) is 3.06. The zero-order valence-electron chi connectivity index (χ0n) is 11.9. The van der Waals surface area contributed by atoms with Crippen LogP contribution in [0.15, 0.2) is 45.5 Å². The molecule has 0 spiro atoms. The Balaban J connectivity index is 2.06. The minimum atomic E-state index is 0.268. The van der Waals surface area contributed by atoms with E-state index in [1.807, 2.05) is 44.2 Å². The van der Waals surface area contributed by atoms with Gasteiger partial charge in [-0.2, -0.15) is 0 Å². The molecule has 0 saturated heterocycles. The van der Waals surface area contributed by atoms with Crippen LogP contribution in [0.4, 0.5) is 5.88 Å². The van der Waals surface area contributed by atoms with E-state index in [2.05, 4.69) is 5.16 Å². The number of hydrogen-bond acceptors (Lipinski definition) is 5. The summed E-state index contributed by atoms with van der Waals surface area (Å²) < 4.78 is 16.1. The Morgan fingerprint density at radius 2 is 1.95 bits per heavy atom. The number of nitrogens with zero attached hydrogens (tertiary/aromatic N) is 1. The van der Waals surface area contributed by atoms with Crippen LogP contribution in [-0.4, -0.2) is 11.8 Å². The van der Waals surface area contributed by atoms with Gasteiger partial charge in [-0.3, -0.25) is 0 Å². The predicted molar refractivity (Wildman–Crippen MR) is 80.0 cm³/mol. The highest BCUT2D eigenvalue weighted by Crippen LogP contribution is 2.38. The van der Waals surface area contributed by atoms with E-state index in [0.717, 1.165) is 22.4 Å². The Labute approximate surface area is 122 Å². The zero-order chi connectivity index (χ0) is 14.8. The van der Waals surface area contributed by atoms with E-state index in [9.17, 15) is 0 Å². The van der Waals surface area contributed by atoms with Gasteiger partial charge in [0.05, 0.1) is 18.4 Å². The highest BCUT2D eigenvalue weighted by atomic mass is 16.5. The number of benzene rings is 1. The topological polar surface area (TPSA) is 74.4 Å². The number of hydrogen-bond donors (Lipinski definition) is 1. The molecule has 0 unspecified atom stereocenters. The van der Waals surface area contributed by atoms with Crippen molar-refractivity contribution in [3.05, 3.63) is 42.2 Å². The van der Waals surface area contributed by atoms with Crippen molar-refractivity contribution in [1.29, 1.82) is 0 Å². The molecule has 0 aliphatic rings. The first-order valence-corrected chi connectivity index (χ1v) is 6.73. The fourth-order valence-electron chi connectivity index (χ4n) is 2.24. The number of furan rings is 1. The summed E-state index contributed by atoms with van der Waals surface area (Å²) in [6.07, 6.45) is 1.62. The minimum absolute atomic E-state index is 0.268. The molecular formula is C16H16N2O3. The number of nitrogens with two attached hydrogens (primary N) is 1. The van der Waals surface area contributed by atoms with Gasteiger partial charge >= 0.3 is 0 Å². The maximum absolute atomic E-state index is 5.92. The van der Waals surface area contributed by atoms with Gasteiger partial charge in [0.15, 0.2) is 11.5 Å². The van der Waals surface area contributed by atoms with Gasteiger partial charge in [0.1, 0.15) is 5.75 Å². The highest BCUT2D eigenvalue weighted by molar-refractivity contribution is 5.86. The predicted octanol–water partition coefficient (Wildman–Crippen LogP) is 3.89. The van der Waals surface area contributed by atoms with E-state index in [1.165, 1.54) is 0 Å². The molecule has 0 amide bonds. The smallest absolute Gasteiger partial charge is 0.230 e. The first-order valence-electron chi connectivity index (χ1n) is 6.73. The van der Waals surface area contributed by atoms with Crippen LogP contribution >= 0.6 is 0 Å². The molecule has 108 valence electrons. The minimum Gasteiger partial charge on any atom is -0.494 e. The van der Waals surface area contributed by atoms with Crippen molar-refractivity contribution in [2.75, 3.05) is 12.3 Å². The Bertz CT molecular complexity index is 741. The van der Waals surface area contributed by atoms with Gasteiger partial charge in [-0.1, -0.05) is 17.3 Å². The second-order valence-electron chi connectivity index (χ2n) is 4.66. The number of nitrogen functional groups attached to an aromatic ring is 1. The van der Waals surface area contributed by atoms with Crippen LogP contribution in [0, 0.1) is 6.92 Å². The van der Waals surface area contributed by atoms with Gasteiger partial charge in [-0.25, -0.2) is 0 Å². The zero-order valence-corrected chi connectivity index (χ0v) is 11.9. The van der Waals surface area contributed by atoms with Crippen molar-refractivity contribution in [2.24, 2.45) is 0 Å². The molecule has 5 heteroatoms. The fourth-order valence-corrected chi connectivity index (χ4v) is 2.24. The Morgan fingerprint density at radius 1 is 1.19 bits per heavy atom. The van der Waals surface area contributed by atoms with Crippen LogP contribution < -0.4 is 10.5 Å². The van der Waals surface area contributed by atoms with E-state index in [1.54, 1.807) is 6.26 Å². The van der Waals surface area contributed by atoms with Crippen LogP contribution in [0.1, 0.15) is 12.5 Å². The molecule has 1 aromatic carbocycles. The number of aromatic nitrogens is 1.